The van der Waals surface area contributed by atoms with Crippen LogP contribution in [0.2, 0.25) is 0 Å². The zero-order valence-corrected chi connectivity index (χ0v) is 15.3. The Kier molecular flexibility index (Phi) is 8.26. The molecule has 1 aliphatic rings. The number of amides is 1. The minimum absolute atomic E-state index is 0.214. The molecule has 1 fully saturated rings. The van der Waals surface area contributed by atoms with E-state index in [9.17, 15) is 4.79 Å². The maximum absolute atomic E-state index is 12.0. The molecule has 1 aromatic carbocycles. The van der Waals surface area contributed by atoms with E-state index in [1.807, 2.05) is 6.07 Å². The monoisotopic (exact) mass is 331 g/mol. The lowest BCUT2D eigenvalue weighted by atomic mass is 9.93. The predicted octanol–water partition coefficient (Wildman–Crippen LogP) is 2.79. The fourth-order valence-electron chi connectivity index (χ4n) is 3.26. The summed E-state index contributed by atoms with van der Waals surface area (Å²) in [5.74, 6) is 0.944. The molecule has 2 N–H and O–H groups in total. The summed E-state index contributed by atoms with van der Waals surface area (Å²) >= 11 is 0. The van der Waals surface area contributed by atoms with Crippen LogP contribution in [0, 0.1) is 5.92 Å². The summed E-state index contributed by atoms with van der Waals surface area (Å²) in [5.41, 5.74) is 1.33. The van der Waals surface area contributed by atoms with E-state index >= 15 is 0 Å². The van der Waals surface area contributed by atoms with Crippen molar-refractivity contribution in [2.75, 3.05) is 26.7 Å². The highest BCUT2D eigenvalue weighted by atomic mass is 16.1. The maximum Gasteiger partial charge on any atom is 0.220 e. The number of nitrogens with zero attached hydrogens (tertiary/aromatic N) is 1. The number of piperidine rings is 1. The van der Waals surface area contributed by atoms with Crippen molar-refractivity contribution in [3.05, 3.63) is 35.9 Å². The molecule has 24 heavy (non-hydrogen) atoms. The Morgan fingerprint density at radius 3 is 2.71 bits per heavy atom. The van der Waals surface area contributed by atoms with Crippen molar-refractivity contribution in [1.82, 2.24) is 15.5 Å². The fourth-order valence-corrected chi connectivity index (χ4v) is 3.26. The molecule has 0 spiro atoms. The molecule has 0 bridgehead atoms. The summed E-state index contributed by atoms with van der Waals surface area (Å²) < 4.78 is 0. The van der Waals surface area contributed by atoms with E-state index in [4.69, 9.17) is 0 Å². The second kappa shape index (κ2) is 10.5. The zero-order chi connectivity index (χ0) is 17.2. The number of hydrogen-bond acceptors (Lipinski definition) is 3. The first-order chi connectivity index (χ1) is 11.6. The lowest BCUT2D eigenvalue weighted by Crippen LogP contribution is -2.34. The first-order valence-corrected chi connectivity index (χ1v) is 9.36. The number of carbonyl (C=O) groups is 1. The molecule has 1 saturated heterocycles. The van der Waals surface area contributed by atoms with E-state index in [0.29, 0.717) is 12.5 Å². The second-order valence-electron chi connectivity index (χ2n) is 7.12. The van der Waals surface area contributed by atoms with Crippen LogP contribution in [0.1, 0.15) is 44.6 Å². The third-order valence-electron chi connectivity index (χ3n) is 5.15. The third kappa shape index (κ3) is 7.02. The SMILES string of the molecule is CC(CCNC(=O)CCC1CCNCC1)N(C)Cc1ccccc1. The molecule has 0 aliphatic carbocycles. The average molecular weight is 332 g/mol. The lowest BCUT2D eigenvalue weighted by molar-refractivity contribution is -0.121. The van der Waals surface area contributed by atoms with Crippen LogP contribution >= 0.6 is 0 Å². The van der Waals surface area contributed by atoms with E-state index < -0.39 is 0 Å². The molecule has 1 aliphatic heterocycles. The third-order valence-corrected chi connectivity index (χ3v) is 5.15. The number of rotatable bonds is 9. The summed E-state index contributed by atoms with van der Waals surface area (Å²) in [6.45, 7) is 6.16. The number of nitrogens with one attached hydrogen (secondary N) is 2. The van der Waals surface area contributed by atoms with Crippen LogP contribution in [0.4, 0.5) is 0 Å². The molecule has 134 valence electrons. The minimum atomic E-state index is 0.214. The first-order valence-electron chi connectivity index (χ1n) is 9.36. The Morgan fingerprint density at radius 1 is 1.29 bits per heavy atom. The Bertz CT molecular complexity index is 471. The molecule has 1 unspecified atom stereocenters. The molecule has 1 aromatic rings. The topological polar surface area (TPSA) is 44.4 Å². The Morgan fingerprint density at radius 2 is 2.00 bits per heavy atom. The zero-order valence-electron chi connectivity index (χ0n) is 15.3. The van der Waals surface area contributed by atoms with Crippen LogP contribution in [0.25, 0.3) is 0 Å². The van der Waals surface area contributed by atoms with Gasteiger partial charge < -0.3 is 10.6 Å². The minimum Gasteiger partial charge on any atom is -0.356 e. The van der Waals surface area contributed by atoms with Crippen molar-refractivity contribution in [2.45, 2.75) is 51.6 Å². The van der Waals surface area contributed by atoms with Gasteiger partial charge in [0.2, 0.25) is 5.91 Å². The van der Waals surface area contributed by atoms with Gasteiger partial charge in [0.15, 0.2) is 0 Å². The van der Waals surface area contributed by atoms with Gasteiger partial charge in [0, 0.05) is 25.6 Å². The van der Waals surface area contributed by atoms with E-state index in [1.165, 1.54) is 18.4 Å². The molecule has 4 heteroatoms. The Balaban J connectivity index is 1.57. The van der Waals surface area contributed by atoms with Crippen molar-refractivity contribution in [3.8, 4) is 0 Å². The summed E-state index contributed by atoms with van der Waals surface area (Å²) in [7, 11) is 2.15. The number of benzene rings is 1. The van der Waals surface area contributed by atoms with Gasteiger partial charge >= 0.3 is 0 Å². The molecule has 0 aromatic heterocycles. The summed E-state index contributed by atoms with van der Waals surface area (Å²) in [6, 6.07) is 11.0. The standard InChI is InChI=1S/C20H33N3O/c1-17(23(2)16-19-6-4-3-5-7-19)10-15-22-20(24)9-8-18-11-13-21-14-12-18/h3-7,17-18,21H,8-16H2,1-2H3,(H,22,24). The van der Waals surface area contributed by atoms with Crippen LogP contribution in [0.15, 0.2) is 30.3 Å². The van der Waals surface area contributed by atoms with E-state index in [2.05, 4.69) is 53.8 Å². The van der Waals surface area contributed by atoms with Crippen LogP contribution in [-0.2, 0) is 11.3 Å². The van der Waals surface area contributed by atoms with Gasteiger partial charge in [0.1, 0.15) is 0 Å². The second-order valence-corrected chi connectivity index (χ2v) is 7.12. The molecular formula is C20H33N3O. The van der Waals surface area contributed by atoms with Gasteiger partial charge in [-0.1, -0.05) is 30.3 Å². The highest BCUT2D eigenvalue weighted by Crippen LogP contribution is 2.17. The molecule has 0 saturated carbocycles. The molecule has 1 amide bonds. The van der Waals surface area contributed by atoms with Gasteiger partial charge in [0.25, 0.3) is 0 Å². The van der Waals surface area contributed by atoms with Crippen LogP contribution < -0.4 is 10.6 Å². The van der Waals surface area contributed by atoms with Crippen molar-refractivity contribution >= 4 is 5.91 Å². The maximum atomic E-state index is 12.0. The molecule has 0 radical (unpaired) electrons. The van der Waals surface area contributed by atoms with Crippen molar-refractivity contribution in [3.63, 3.8) is 0 Å². The molecular weight excluding hydrogens is 298 g/mol. The van der Waals surface area contributed by atoms with Gasteiger partial charge in [0.05, 0.1) is 0 Å². The highest BCUT2D eigenvalue weighted by Gasteiger charge is 2.15. The summed E-state index contributed by atoms with van der Waals surface area (Å²) in [6.07, 6.45) is 5.14. The molecule has 1 heterocycles. The highest BCUT2D eigenvalue weighted by molar-refractivity contribution is 5.75. The summed E-state index contributed by atoms with van der Waals surface area (Å²) in [5, 5.41) is 6.46. The van der Waals surface area contributed by atoms with Crippen LogP contribution in [0.5, 0.6) is 0 Å². The van der Waals surface area contributed by atoms with Gasteiger partial charge in [-0.15, -0.1) is 0 Å². The molecule has 2 rings (SSSR count). The van der Waals surface area contributed by atoms with Crippen molar-refractivity contribution in [2.24, 2.45) is 5.92 Å². The van der Waals surface area contributed by atoms with E-state index in [0.717, 1.165) is 44.9 Å². The molecule has 4 nitrogen and oxygen atoms in total. The normalized spacial score (nSPS) is 17.0. The van der Waals surface area contributed by atoms with Gasteiger partial charge in [-0.25, -0.2) is 0 Å². The predicted molar refractivity (Wildman–Crippen MR) is 99.8 cm³/mol. The smallest absolute Gasteiger partial charge is 0.220 e. The number of hydrogen-bond donors (Lipinski definition) is 2. The average Bonchev–Trinajstić information content (AvgIpc) is 2.61. The Labute approximate surface area is 147 Å². The lowest BCUT2D eigenvalue weighted by Gasteiger charge is -2.25. The summed E-state index contributed by atoms with van der Waals surface area (Å²) in [4.78, 5) is 14.3. The van der Waals surface area contributed by atoms with Crippen LogP contribution in [-0.4, -0.2) is 43.5 Å². The fraction of sp³-hybridized carbons (Fsp3) is 0.650. The molecule has 1 atom stereocenters. The number of carbonyl (C=O) groups excluding carboxylic acids is 1. The first kappa shape index (κ1) is 18.9. The van der Waals surface area contributed by atoms with Gasteiger partial charge in [-0.05, 0) is 64.2 Å². The Hall–Kier alpha value is -1.39. The van der Waals surface area contributed by atoms with Gasteiger partial charge in [-0.3, -0.25) is 9.69 Å². The van der Waals surface area contributed by atoms with E-state index in [-0.39, 0.29) is 5.91 Å². The van der Waals surface area contributed by atoms with E-state index in [1.54, 1.807) is 0 Å². The van der Waals surface area contributed by atoms with Crippen molar-refractivity contribution < 1.29 is 4.79 Å². The van der Waals surface area contributed by atoms with Crippen LogP contribution in [0.3, 0.4) is 0 Å². The quantitative estimate of drug-likeness (QED) is 0.731. The van der Waals surface area contributed by atoms with Gasteiger partial charge in [-0.2, -0.15) is 0 Å². The largest absolute Gasteiger partial charge is 0.356 e. The van der Waals surface area contributed by atoms with Crippen molar-refractivity contribution in [1.29, 1.82) is 0 Å².